The summed E-state index contributed by atoms with van der Waals surface area (Å²) in [6, 6.07) is 19.7. The maximum atomic E-state index is 7.35. The number of hydrogen-bond donors (Lipinski definition) is 0. The van der Waals surface area contributed by atoms with E-state index in [0.717, 1.165) is 13.1 Å². The predicted molar refractivity (Wildman–Crippen MR) is 138 cm³/mol. The molecule has 0 unspecified atom stereocenters. The van der Waals surface area contributed by atoms with Crippen LogP contribution in [0.25, 0.3) is 0 Å². The van der Waals surface area contributed by atoms with Crippen LogP contribution in [0.5, 0.6) is 0 Å². The van der Waals surface area contributed by atoms with Crippen LogP contribution in [-0.4, -0.2) is 22.1 Å². The van der Waals surface area contributed by atoms with E-state index >= 15 is 0 Å². The summed E-state index contributed by atoms with van der Waals surface area (Å²) in [5.41, 5.74) is 11.7. The average molecular weight is 533 g/mol. The summed E-state index contributed by atoms with van der Waals surface area (Å²) in [6.07, 6.45) is 0. The van der Waals surface area contributed by atoms with Crippen LogP contribution in [0.2, 0.25) is 0 Å². The van der Waals surface area contributed by atoms with E-state index in [2.05, 4.69) is 111 Å². The zero-order chi connectivity index (χ0) is 23.0. The molecule has 1 aliphatic heterocycles. The third kappa shape index (κ3) is 4.52. The zero-order valence-electron chi connectivity index (χ0n) is 19.8. The molecule has 1 fully saturated rings. The fraction of sp³-hybridized carbons (Fsp3) is 0.286. The van der Waals surface area contributed by atoms with Crippen molar-refractivity contribution < 1.29 is 14.1 Å². The van der Waals surface area contributed by atoms with Crippen LogP contribution < -0.4 is 9.80 Å². The molecule has 0 amide bonds. The van der Waals surface area contributed by atoms with Gasteiger partial charge >= 0.3 is 202 Å². The van der Waals surface area contributed by atoms with E-state index in [1.54, 1.807) is 0 Å². The van der Waals surface area contributed by atoms with Crippen molar-refractivity contribution in [2.45, 2.75) is 41.5 Å². The molecule has 0 saturated carbocycles. The molecule has 1 aliphatic rings. The predicted octanol–water partition coefficient (Wildman–Crippen LogP) is 6.57. The molecule has 0 atom stereocenters. The third-order valence-corrected chi connectivity index (χ3v) is 9.81. The van der Waals surface area contributed by atoms with E-state index in [0.29, 0.717) is 0 Å². The molecule has 4 rings (SSSR count). The Balaban J connectivity index is 1.96. The minimum absolute atomic E-state index is 0.951. The van der Waals surface area contributed by atoms with E-state index in [4.69, 9.17) is 9.69 Å². The third-order valence-electron chi connectivity index (χ3n) is 5.95. The summed E-state index contributed by atoms with van der Waals surface area (Å²) in [5, 5.41) is 0. The molecule has 0 aromatic heterocycles. The Kier molecular flexibility index (Phi) is 6.79. The van der Waals surface area contributed by atoms with Crippen LogP contribution in [0.15, 0.2) is 54.6 Å². The van der Waals surface area contributed by atoms with Gasteiger partial charge in [0.2, 0.25) is 0 Å². The fourth-order valence-corrected chi connectivity index (χ4v) is 9.10. The van der Waals surface area contributed by atoms with Crippen LogP contribution in [0.1, 0.15) is 38.9 Å². The summed E-state index contributed by atoms with van der Waals surface area (Å²) in [4.78, 5) is 5.02. The molecule has 0 bridgehead atoms. The van der Waals surface area contributed by atoms with Gasteiger partial charge in [-0.1, -0.05) is 0 Å². The van der Waals surface area contributed by atoms with Gasteiger partial charge in [0.05, 0.1) is 0 Å². The van der Waals surface area contributed by atoms with Crippen molar-refractivity contribution in [3.05, 3.63) is 93.5 Å². The summed E-state index contributed by atoms with van der Waals surface area (Å²) < 4.78 is 3.59. The molecule has 3 aromatic rings. The second-order valence-electron chi connectivity index (χ2n) is 8.81. The van der Waals surface area contributed by atoms with Crippen molar-refractivity contribution in [2.75, 3.05) is 22.9 Å². The first kappa shape index (κ1) is 23.1. The van der Waals surface area contributed by atoms with Crippen LogP contribution in [-0.2, 0) is 14.1 Å². The Bertz CT molecular complexity index is 1140. The van der Waals surface area contributed by atoms with Crippen molar-refractivity contribution in [1.29, 1.82) is 0 Å². The Hall–Kier alpha value is -2.09. The fourth-order valence-electron chi connectivity index (χ4n) is 4.98. The Morgan fingerprint density at radius 2 is 1.09 bits per heavy atom. The van der Waals surface area contributed by atoms with Crippen molar-refractivity contribution in [2.24, 2.45) is 0 Å². The summed E-state index contributed by atoms with van der Waals surface area (Å²) in [5.74, 6) is 0. The van der Waals surface area contributed by atoms with Crippen LogP contribution in [0, 0.1) is 41.5 Å². The molecular weight excluding hydrogens is 501 g/mol. The number of halogens is 1. The quantitative estimate of drug-likeness (QED) is 0.352. The maximum absolute atomic E-state index is 7.35. The normalized spacial score (nSPS) is 15.0. The molecule has 169 valence electrons. The van der Waals surface area contributed by atoms with Gasteiger partial charge in [0.1, 0.15) is 0 Å². The number of benzene rings is 3. The summed E-state index contributed by atoms with van der Waals surface area (Å²) in [7, 11) is 7.35. The topological polar surface area (TPSA) is 6.48 Å². The van der Waals surface area contributed by atoms with Crippen LogP contribution in [0.4, 0.5) is 11.4 Å². The van der Waals surface area contributed by atoms with E-state index in [9.17, 15) is 0 Å². The first-order valence-corrected chi connectivity index (χ1v) is 15.2. The van der Waals surface area contributed by atoms with Gasteiger partial charge in [0.25, 0.3) is 0 Å². The van der Waals surface area contributed by atoms with Gasteiger partial charge in [-0.15, -0.1) is 0 Å². The standard InChI is InChI=1S/C21H26N2.C7H6.ClH.Ru/c1-14-9-16(3)20(17(4)10-14)22-7-8-23(13-22)21-18(5)11-15(2)12-19(21)6;1-7-5-3-2-4-6-7;;/h9-12H,7-8H2,1-6H3;1-6H;1H;/q;;;+1/p-1. The van der Waals surface area contributed by atoms with E-state index < -0.39 is 14.1 Å². The SMILES string of the molecule is Cc1cc(C)c(N2CCN(c3c(C)cc(C)cc3C)[C]2=[Ru](/[Cl])=[CH]/c2ccccc2)c(C)c1. The molecule has 0 N–H and O–H groups in total. The Morgan fingerprint density at radius 1 is 0.688 bits per heavy atom. The molecule has 0 radical (unpaired) electrons. The van der Waals surface area contributed by atoms with Gasteiger partial charge < -0.3 is 0 Å². The zero-order valence-corrected chi connectivity index (χ0v) is 22.3. The Labute approximate surface area is 201 Å². The molecule has 4 heteroatoms. The van der Waals surface area contributed by atoms with E-state index in [-0.39, 0.29) is 0 Å². The van der Waals surface area contributed by atoms with Crippen LogP contribution >= 0.6 is 9.69 Å². The summed E-state index contributed by atoms with van der Waals surface area (Å²) in [6.45, 7) is 15.2. The number of nitrogens with zero attached hydrogens (tertiary/aromatic N) is 2. The molecule has 2 nitrogen and oxygen atoms in total. The number of rotatable bonds is 3. The van der Waals surface area contributed by atoms with Gasteiger partial charge in [-0.3, -0.25) is 0 Å². The molecule has 1 saturated heterocycles. The van der Waals surface area contributed by atoms with Crippen molar-refractivity contribution >= 4 is 30.0 Å². The van der Waals surface area contributed by atoms with Gasteiger partial charge in [-0.2, -0.15) is 0 Å². The number of anilines is 2. The molecule has 3 aromatic carbocycles. The number of aryl methyl sites for hydroxylation is 6. The van der Waals surface area contributed by atoms with Gasteiger partial charge in [0, 0.05) is 0 Å². The monoisotopic (exact) mass is 533 g/mol. The van der Waals surface area contributed by atoms with Crippen LogP contribution in [0.3, 0.4) is 0 Å². The second kappa shape index (κ2) is 9.42. The molecule has 0 spiro atoms. The minimum atomic E-state index is -1.98. The first-order chi connectivity index (χ1) is 15.3. The second-order valence-corrected chi connectivity index (χ2v) is 13.0. The van der Waals surface area contributed by atoms with E-state index in [1.165, 1.54) is 54.7 Å². The van der Waals surface area contributed by atoms with Gasteiger partial charge in [-0.05, 0) is 0 Å². The Morgan fingerprint density at radius 3 is 1.50 bits per heavy atom. The molecular formula is C28H32ClN2Ru. The summed E-state index contributed by atoms with van der Waals surface area (Å²) >= 11 is -1.98. The van der Waals surface area contributed by atoms with Gasteiger partial charge in [-0.25, -0.2) is 0 Å². The van der Waals surface area contributed by atoms with Crippen molar-refractivity contribution in [1.82, 2.24) is 0 Å². The van der Waals surface area contributed by atoms with E-state index in [1.807, 2.05) is 0 Å². The van der Waals surface area contributed by atoms with Crippen molar-refractivity contribution in [3.8, 4) is 0 Å². The average Bonchev–Trinajstić information content (AvgIpc) is 3.11. The van der Waals surface area contributed by atoms with Gasteiger partial charge in [0.15, 0.2) is 0 Å². The number of hydrogen-bond acceptors (Lipinski definition) is 2. The molecule has 32 heavy (non-hydrogen) atoms. The molecule has 1 heterocycles. The van der Waals surface area contributed by atoms with Crippen molar-refractivity contribution in [3.63, 3.8) is 0 Å². The first-order valence-electron chi connectivity index (χ1n) is 11.1. The molecule has 0 aliphatic carbocycles.